The Labute approximate surface area is 201 Å². The molecular weight excluding hydrogens is 424 g/mol. The van der Waals surface area contributed by atoms with Gasteiger partial charge in [0.2, 0.25) is 0 Å². The number of aryl methyl sites for hydroxylation is 1. The van der Waals surface area contributed by atoms with Crippen LogP contribution in [-0.4, -0.2) is 36.1 Å². The van der Waals surface area contributed by atoms with E-state index in [9.17, 15) is 4.79 Å². The van der Waals surface area contributed by atoms with Gasteiger partial charge in [-0.2, -0.15) is 0 Å². The van der Waals surface area contributed by atoms with Crippen LogP contribution in [0.5, 0.6) is 0 Å². The molecule has 2 aliphatic carbocycles. The molecule has 7 heteroatoms. The Morgan fingerprint density at radius 1 is 1.12 bits per heavy atom. The van der Waals surface area contributed by atoms with Crippen LogP contribution in [0.3, 0.4) is 0 Å². The first kappa shape index (κ1) is 23.2. The number of hydrogen-bond acceptors (Lipinski definition) is 5. The first-order chi connectivity index (χ1) is 16.7. The third kappa shape index (κ3) is 4.67. The Morgan fingerprint density at radius 3 is 2.65 bits per heavy atom. The van der Waals surface area contributed by atoms with E-state index < -0.39 is 0 Å². The van der Waals surface area contributed by atoms with E-state index in [1.165, 1.54) is 44.9 Å². The lowest BCUT2D eigenvalue weighted by atomic mass is 9.95. The molecule has 0 spiro atoms. The quantitative estimate of drug-likeness (QED) is 0.470. The van der Waals surface area contributed by atoms with Crippen molar-refractivity contribution >= 4 is 10.9 Å². The maximum Gasteiger partial charge on any atom is 0.252 e. The van der Waals surface area contributed by atoms with Gasteiger partial charge in [-0.15, -0.1) is 5.10 Å². The molecule has 2 aliphatic rings. The second-order valence-corrected chi connectivity index (χ2v) is 10.4. The molecule has 34 heavy (non-hydrogen) atoms. The van der Waals surface area contributed by atoms with Crippen LogP contribution in [0.1, 0.15) is 107 Å². The molecule has 2 saturated carbocycles. The van der Waals surface area contributed by atoms with E-state index in [0.717, 1.165) is 53.5 Å². The standard InChI is InChI=1S/C27H38N6O/c1-3-10-24(26-29-30-31-33(26)23-15-5-4-6-16-23)32(22-13-7-8-14-22)18-21-17-20-12-9-11-19(2)25(20)28-27(21)34/h9,11-12,17,22-24H,3-8,10,13-16,18H2,1-2H3,(H,28,34). The largest absolute Gasteiger partial charge is 0.321 e. The second kappa shape index (κ2) is 10.4. The van der Waals surface area contributed by atoms with Crippen molar-refractivity contribution in [2.24, 2.45) is 0 Å². The van der Waals surface area contributed by atoms with Crippen molar-refractivity contribution in [1.82, 2.24) is 30.1 Å². The van der Waals surface area contributed by atoms with Crippen LogP contribution in [0.2, 0.25) is 0 Å². The van der Waals surface area contributed by atoms with Gasteiger partial charge in [0.15, 0.2) is 5.82 Å². The van der Waals surface area contributed by atoms with Crippen LogP contribution in [0.25, 0.3) is 10.9 Å². The van der Waals surface area contributed by atoms with Gasteiger partial charge in [0.25, 0.3) is 5.56 Å². The molecule has 1 unspecified atom stereocenters. The predicted molar refractivity (Wildman–Crippen MR) is 135 cm³/mol. The van der Waals surface area contributed by atoms with Crippen molar-refractivity contribution in [3.63, 3.8) is 0 Å². The highest BCUT2D eigenvalue weighted by Crippen LogP contribution is 2.36. The highest BCUT2D eigenvalue weighted by molar-refractivity contribution is 5.81. The molecule has 2 aromatic heterocycles. The highest BCUT2D eigenvalue weighted by Gasteiger charge is 2.34. The predicted octanol–water partition coefficient (Wildman–Crippen LogP) is 5.61. The van der Waals surface area contributed by atoms with Gasteiger partial charge in [0.1, 0.15) is 0 Å². The number of benzene rings is 1. The Morgan fingerprint density at radius 2 is 1.88 bits per heavy atom. The van der Waals surface area contributed by atoms with Gasteiger partial charge < -0.3 is 4.98 Å². The number of fused-ring (bicyclic) bond motifs is 1. The average molecular weight is 463 g/mol. The van der Waals surface area contributed by atoms with Crippen molar-refractivity contribution in [1.29, 1.82) is 0 Å². The molecule has 3 aromatic rings. The van der Waals surface area contributed by atoms with Crippen molar-refractivity contribution in [3.05, 3.63) is 51.6 Å². The van der Waals surface area contributed by atoms with Gasteiger partial charge in [-0.05, 0) is 66.5 Å². The Bertz CT molecular complexity index is 1160. The minimum Gasteiger partial charge on any atom is -0.321 e. The lowest BCUT2D eigenvalue weighted by molar-refractivity contribution is 0.105. The molecule has 0 radical (unpaired) electrons. The first-order valence-electron chi connectivity index (χ1n) is 13.3. The number of rotatable bonds is 8. The van der Waals surface area contributed by atoms with Crippen LogP contribution in [0.4, 0.5) is 0 Å². The number of aromatic nitrogens is 5. The summed E-state index contributed by atoms with van der Waals surface area (Å²) in [5.74, 6) is 0.994. The smallest absolute Gasteiger partial charge is 0.252 e. The molecule has 0 amide bonds. The van der Waals surface area contributed by atoms with Crippen LogP contribution < -0.4 is 5.56 Å². The van der Waals surface area contributed by atoms with Gasteiger partial charge in [0, 0.05) is 18.2 Å². The number of H-pyrrole nitrogens is 1. The lowest BCUT2D eigenvalue weighted by Crippen LogP contribution is -2.39. The highest BCUT2D eigenvalue weighted by atomic mass is 16.1. The number of nitrogens with one attached hydrogen (secondary N) is 1. The number of tetrazole rings is 1. The Balaban J connectivity index is 1.52. The molecule has 7 nitrogen and oxygen atoms in total. The zero-order valence-corrected chi connectivity index (χ0v) is 20.7. The molecule has 0 saturated heterocycles. The summed E-state index contributed by atoms with van der Waals surface area (Å²) in [6, 6.07) is 9.28. The van der Waals surface area contributed by atoms with Crippen molar-refractivity contribution in [3.8, 4) is 0 Å². The van der Waals surface area contributed by atoms with E-state index in [1.807, 2.05) is 13.0 Å². The molecule has 0 aliphatic heterocycles. The maximum absolute atomic E-state index is 13.2. The zero-order chi connectivity index (χ0) is 23.5. The van der Waals surface area contributed by atoms with Crippen LogP contribution >= 0.6 is 0 Å². The van der Waals surface area contributed by atoms with Gasteiger partial charge in [-0.1, -0.05) is 63.6 Å². The van der Waals surface area contributed by atoms with Gasteiger partial charge in [-0.3, -0.25) is 9.69 Å². The number of para-hydroxylation sites is 1. The van der Waals surface area contributed by atoms with E-state index in [4.69, 9.17) is 0 Å². The van der Waals surface area contributed by atoms with E-state index in [0.29, 0.717) is 18.6 Å². The van der Waals surface area contributed by atoms with Crippen LogP contribution in [0.15, 0.2) is 29.1 Å². The molecule has 1 atom stereocenters. The maximum atomic E-state index is 13.2. The molecule has 1 aromatic carbocycles. The minimum atomic E-state index is 0.0203. The number of nitrogens with zero attached hydrogens (tertiary/aromatic N) is 5. The molecule has 0 bridgehead atoms. The summed E-state index contributed by atoms with van der Waals surface area (Å²) in [7, 11) is 0. The normalized spacial score (nSPS) is 18.8. The van der Waals surface area contributed by atoms with Crippen LogP contribution in [-0.2, 0) is 6.54 Å². The monoisotopic (exact) mass is 462 g/mol. The summed E-state index contributed by atoms with van der Waals surface area (Å²) in [6.07, 6.45) is 13.0. The van der Waals surface area contributed by atoms with E-state index in [-0.39, 0.29) is 11.6 Å². The number of pyridine rings is 1. The van der Waals surface area contributed by atoms with Gasteiger partial charge in [-0.25, -0.2) is 4.68 Å². The Kier molecular flexibility index (Phi) is 7.09. The fraction of sp³-hybridized carbons (Fsp3) is 0.630. The molecular formula is C27H38N6O. The van der Waals surface area contributed by atoms with Gasteiger partial charge in [0.05, 0.1) is 17.6 Å². The summed E-state index contributed by atoms with van der Waals surface area (Å²) in [5.41, 5.74) is 2.90. The fourth-order valence-corrected chi connectivity index (χ4v) is 6.19. The molecule has 182 valence electrons. The van der Waals surface area contributed by atoms with Crippen molar-refractivity contribution in [2.75, 3.05) is 0 Å². The summed E-state index contributed by atoms with van der Waals surface area (Å²) < 4.78 is 2.13. The molecule has 5 rings (SSSR count). The average Bonchev–Trinajstić information content (AvgIpc) is 3.55. The number of hydrogen-bond donors (Lipinski definition) is 1. The summed E-state index contributed by atoms with van der Waals surface area (Å²) in [4.78, 5) is 18.9. The Hall–Kier alpha value is -2.54. The van der Waals surface area contributed by atoms with Gasteiger partial charge >= 0.3 is 0 Å². The van der Waals surface area contributed by atoms with E-state index in [1.54, 1.807) is 0 Å². The lowest BCUT2D eigenvalue weighted by Gasteiger charge is -2.36. The third-order valence-electron chi connectivity index (χ3n) is 8.01. The third-order valence-corrected chi connectivity index (χ3v) is 8.01. The molecule has 2 heterocycles. The number of aromatic amines is 1. The SMILES string of the molecule is CCCC(c1nnnn1C1CCCCC1)N(Cc1cc2cccc(C)c2[nH]c1=O)C1CCCC1. The molecule has 1 N–H and O–H groups in total. The van der Waals surface area contributed by atoms with Crippen molar-refractivity contribution in [2.45, 2.75) is 109 Å². The fourth-order valence-electron chi connectivity index (χ4n) is 6.19. The minimum absolute atomic E-state index is 0.0203. The summed E-state index contributed by atoms with van der Waals surface area (Å²) in [5, 5.41) is 14.3. The van der Waals surface area contributed by atoms with E-state index >= 15 is 0 Å². The summed E-state index contributed by atoms with van der Waals surface area (Å²) in [6.45, 7) is 4.91. The first-order valence-corrected chi connectivity index (χ1v) is 13.3. The molecule has 2 fully saturated rings. The van der Waals surface area contributed by atoms with Crippen molar-refractivity contribution < 1.29 is 0 Å². The second-order valence-electron chi connectivity index (χ2n) is 10.4. The van der Waals surface area contributed by atoms with E-state index in [2.05, 4.69) is 55.2 Å². The van der Waals surface area contributed by atoms with Crippen LogP contribution in [0, 0.1) is 6.92 Å². The summed E-state index contributed by atoms with van der Waals surface area (Å²) >= 11 is 0. The topological polar surface area (TPSA) is 79.7 Å². The zero-order valence-electron chi connectivity index (χ0n) is 20.7.